The van der Waals surface area contributed by atoms with Crippen LogP contribution in [0.15, 0.2) is 18.2 Å². The third-order valence-electron chi connectivity index (χ3n) is 3.85. The minimum absolute atomic E-state index is 0.301. The van der Waals surface area contributed by atoms with Crippen molar-refractivity contribution in [2.45, 2.75) is 25.3 Å². The predicted octanol–water partition coefficient (Wildman–Crippen LogP) is 1.54. The standard InChI is InChI=1S/C15H17NO5/c17-14(16-7-2-1-5-11(16)15(18)19)10-4-3-6-12-13(10)21-9-8-20-12/h3-4,6,11H,1-2,5,7-9H2,(H,18,19)/t11-/m1/s1. The van der Waals surface area contributed by atoms with E-state index in [1.165, 1.54) is 4.90 Å². The van der Waals surface area contributed by atoms with Gasteiger partial charge in [0.1, 0.15) is 19.3 Å². The molecule has 2 aliphatic rings. The van der Waals surface area contributed by atoms with Crippen LogP contribution in [0.25, 0.3) is 0 Å². The van der Waals surface area contributed by atoms with E-state index in [1.54, 1.807) is 18.2 Å². The molecule has 0 spiro atoms. The number of carboxylic acids is 1. The third kappa shape index (κ3) is 2.53. The van der Waals surface area contributed by atoms with Gasteiger partial charge in [0, 0.05) is 6.54 Å². The number of likely N-dealkylation sites (tertiary alicyclic amines) is 1. The molecule has 21 heavy (non-hydrogen) atoms. The van der Waals surface area contributed by atoms with Gasteiger partial charge in [-0.3, -0.25) is 4.79 Å². The molecule has 0 saturated carbocycles. The van der Waals surface area contributed by atoms with Crippen molar-refractivity contribution < 1.29 is 24.2 Å². The van der Waals surface area contributed by atoms with E-state index in [4.69, 9.17) is 9.47 Å². The van der Waals surface area contributed by atoms with Crippen molar-refractivity contribution in [2.75, 3.05) is 19.8 Å². The summed E-state index contributed by atoms with van der Waals surface area (Å²) < 4.78 is 11.0. The molecule has 1 saturated heterocycles. The van der Waals surface area contributed by atoms with Crippen LogP contribution in [-0.4, -0.2) is 47.7 Å². The number of nitrogens with zero attached hydrogens (tertiary/aromatic N) is 1. The number of amides is 1. The van der Waals surface area contributed by atoms with Crippen molar-refractivity contribution in [3.63, 3.8) is 0 Å². The van der Waals surface area contributed by atoms with Gasteiger partial charge in [0.2, 0.25) is 0 Å². The van der Waals surface area contributed by atoms with E-state index in [2.05, 4.69) is 0 Å². The van der Waals surface area contributed by atoms with E-state index in [1.807, 2.05) is 0 Å². The molecular weight excluding hydrogens is 274 g/mol. The van der Waals surface area contributed by atoms with Gasteiger partial charge in [0.15, 0.2) is 11.5 Å². The topological polar surface area (TPSA) is 76.1 Å². The van der Waals surface area contributed by atoms with Gasteiger partial charge in [-0.25, -0.2) is 4.79 Å². The molecule has 0 radical (unpaired) electrons. The van der Waals surface area contributed by atoms with Crippen molar-refractivity contribution in [1.29, 1.82) is 0 Å². The highest BCUT2D eigenvalue weighted by Gasteiger charge is 2.34. The molecule has 1 amide bonds. The van der Waals surface area contributed by atoms with Crippen LogP contribution in [0.1, 0.15) is 29.6 Å². The highest BCUT2D eigenvalue weighted by Crippen LogP contribution is 2.35. The van der Waals surface area contributed by atoms with E-state index in [-0.39, 0.29) is 5.91 Å². The third-order valence-corrected chi connectivity index (χ3v) is 3.85. The van der Waals surface area contributed by atoms with Crippen LogP contribution in [-0.2, 0) is 4.79 Å². The first kappa shape index (κ1) is 13.7. The van der Waals surface area contributed by atoms with Crippen molar-refractivity contribution in [1.82, 2.24) is 4.90 Å². The molecule has 1 fully saturated rings. The molecule has 6 nitrogen and oxygen atoms in total. The van der Waals surface area contributed by atoms with Crippen LogP contribution in [0.5, 0.6) is 11.5 Å². The van der Waals surface area contributed by atoms with Gasteiger partial charge in [0.05, 0.1) is 5.56 Å². The van der Waals surface area contributed by atoms with Gasteiger partial charge < -0.3 is 19.5 Å². The zero-order valence-electron chi connectivity index (χ0n) is 11.6. The molecule has 3 rings (SSSR count). The fraction of sp³-hybridized carbons (Fsp3) is 0.467. The molecule has 1 aromatic rings. The van der Waals surface area contributed by atoms with Gasteiger partial charge in [-0.2, -0.15) is 0 Å². The number of carbonyl (C=O) groups excluding carboxylic acids is 1. The van der Waals surface area contributed by atoms with Crippen LogP contribution < -0.4 is 9.47 Å². The van der Waals surface area contributed by atoms with E-state index in [0.29, 0.717) is 43.2 Å². The van der Waals surface area contributed by atoms with Crippen LogP contribution in [0.4, 0.5) is 0 Å². The van der Waals surface area contributed by atoms with Crippen LogP contribution in [0.3, 0.4) is 0 Å². The zero-order valence-corrected chi connectivity index (χ0v) is 11.6. The van der Waals surface area contributed by atoms with Crippen LogP contribution >= 0.6 is 0 Å². The second-order valence-electron chi connectivity index (χ2n) is 5.18. The fourth-order valence-electron chi connectivity index (χ4n) is 2.83. The molecule has 1 N–H and O–H groups in total. The summed E-state index contributed by atoms with van der Waals surface area (Å²) in [4.78, 5) is 25.5. The Morgan fingerprint density at radius 3 is 2.81 bits per heavy atom. The Hall–Kier alpha value is -2.24. The first-order valence-electron chi connectivity index (χ1n) is 7.11. The van der Waals surface area contributed by atoms with Gasteiger partial charge in [0.25, 0.3) is 5.91 Å². The van der Waals surface area contributed by atoms with Gasteiger partial charge >= 0.3 is 5.97 Å². The van der Waals surface area contributed by atoms with E-state index in [9.17, 15) is 14.7 Å². The molecular formula is C15H17NO5. The van der Waals surface area contributed by atoms with Crippen molar-refractivity contribution in [2.24, 2.45) is 0 Å². The summed E-state index contributed by atoms with van der Waals surface area (Å²) in [7, 11) is 0. The first-order chi connectivity index (χ1) is 10.2. The van der Waals surface area contributed by atoms with Crippen molar-refractivity contribution in [3.8, 4) is 11.5 Å². The maximum Gasteiger partial charge on any atom is 0.326 e. The number of ether oxygens (including phenoxy) is 2. The lowest BCUT2D eigenvalue weighted by atomic mass is 10.0. The van der Waals surface area contributed by atoms with Crippen LogP contribution in [0.2, 0.25) is 0 Å². The largest absolute Gasteiger partial charge is 0.486 e. The van der Waals surface area contributed by atoms with Gasteiger partial charge in [-0.15, -0.1) is 0 Å². The number of rotatable bonds is 2. The Morgan fingerprint density at radius 1 is 1.19 bits per heavy atom. The molecule has 2 aliphatic heterocycles. The normalized spacial score (nSPS) is 21.0. The van der Waals surface area contributed by atoms with Crippen molar-refractivity contribution >= 4 is 11.9 Å². The summed E-state index contributed by atoms with van der Waals surface area (Å²) in [5, 5.41) is 9.29. The van der Waals surface area contributed by atoms with E-state index >= 15 is 0 Å². The first-order valence-corrected chi connectivity index (χ1v) is 7.11. The number of carboxylic acid groups (broad SMARTS) is 1. The minimum Gasteiger partial charge on any atom is -0.486 e. The Kier molecular flexibility index (Phi) is 3.68. The number of para-hydroxylation sites is 1. The van der Waals surface area contributed by atoms with Crippen molar-refractivity contribution in [3.05, 3.63) is 23.8 Å². The number of piperidine rings is 1. The summed E-state index contributed by atoms with van der Waals surface area (Å²) in [5.74, 6) is -0.297. The Labute approximate surface area is 122 Å². The molecule has 2 heterocycles. The summed E-state index contributed by atoms with van der Waals surface area (Å²) >= 11 is 0. The summed E-state index contributed by atoms with van der Waals surface area (Å²) in [6.07, 6.45) is 2.14. The highest BCUT2D eigenvalue weighted by atomic mass is 16.6. The Bertz CT molecular complexity index is 571. The van der Waals surface area contributed by atoms with Gasteiger partial charge in [-0.05, 0) is 31.4 Å². The molecule has 1 aromatic carbocycles. The number of benzene rings is 1. The monoisotopic (exact) mass is 291 g/mol. The lowest BCUT2D eigenvalue weighted by Gasteiger charge is -2.33. The van der Waals surface area contributed by atoms with E-state index in [0.717, 1.165) is 12.8 Å². The molecule has 1 atom stereocenters. The molecule has 0 bridgehead atoms. The summed E-state index contributed by atoms with van der Waals surface area (Å²) in [5.41, 5.74) is 0.375. The second kappa shape index (κ2) is 5.63. The van der Waals surface area contributed by atoms with Gasteiger partial charge in [-0.1, -0.05) is 6.07 Å². The maximum atomic E-state index is 12.7. The number of hydrogen-bond donors (Lipinski definition) is 1. The number of hydrogen-bond acceptors (Lipinski definition) is 4. The zero-order chi connectivity index (χ0) is 14.8. The molecule has 6 heteroatoms. The lowest BCUT2D eigenvalue weighted by molar-refractivity contribution is -0.143. The molecule has 0 aromatic heterocycles. The SMILES string of the molecule is O=C(O)[C@H]1CCCCN1C(=O)c1cccc2c1OCCO2. The Balaban J connectivity index is 1.92. The smallest absolute Gasteiger partial charge is 0.326 e. The second-order valence-corrected chi connectivity index (χ2v) is 5.18. The quantitative estimate of drug-likeness (QED) is 0.894. The maximum absolute atomic E-state index is 12.7. The fourth-order valence-corrected chi connectivity index (χ4v) is 2.83. The number of fused-ring (bicyclic) bond motifs is 1. The minimum atomic E-state index is -0.954. The summed E-state index contributed by atoms with van der Waals surface area (Å²) in [6, 6.07) is 4.37. The average molecular weight is 291 g/mol. The summed E-state index contributed by atoms with van der Waals surface area (Å²) in [6.45, 7) is 1.30. The highest BCUT2D eigenvalue weighted by molar-refractivity contribution is 5.99. The molecule has 0 unspecified atom stereocenters. The number of aliphatic carboxylic acids is 1. The average Bonchev–Trinajstić information content (AvgIpc) is 2.53. The molecule has 0 aliphatic carbocycles. The molecule has 112 valence electrons. The van der Waals surface area contributed by atoms with E-state index < -0.39 is 12.0 Å². The Morgan fingerprint density at radius 2 is 2.00 bits per heavy atom. The number of carbonyl (C=O) groups is 2. The lowest BCUT2D eigenvalue weighted by Crippen LogP contribution is -2.48. The predicted molar refractivity (Wildman–Crippen MR) is 73.7 cm³/mol. The van der Waals surface area contributed by atoms with Crippen LogP contribution in [0, 0.1) is 0 Å².